The molecule has 0 saturated carbocycles. The maximum atomic E-state index is 3.75. The van der Waals surface area contributed by atoms with E-state index in [1.807, 2.05) is 36.4 Å². The minimum Gasteiger partial charge on any atom is -0.356 e. The molecule has 0 saturated heterocycles. The van der Waals surface area contributed by atoms with Crippen LogP contribution in [0.3, 0.4) is 0 Å². The lowest BCUT2D eigenvalue weighted by molar-refractivity contribution is 1.10. The fourth-order valence-electron chi connectivity index (χ4n) is 4.50. The third kappa shape index (κ3) is 6.82. The van der Waals surface area contributed by atoms with Crippen molar-refractivity contribution in [2.75, 3.05) is 16.8 Å². The SMILES string of the molecule is C=C/C=C\C=C/CN(c1ccc(-c2ccccc2)cc1)c1cccc(-c2ccc(Nc3ccccc3)cc2)c1. The van der Waals surface area contributed by atoms with Crippen LogP contribution in [-0.4, -0.2) is 6.54 Å². The summed E-state index contributed by atoms with van der Waals surface area (Å²) in [5.74, 6) is 0. The van der Waals surface area contributed by atoms with Crippen molar-refractivity contribution < 1.29 is 0 Å². The first-order chi connectivity index (χ1) is 19.3. The molecule has 0 aliphatic rings. The molecule has 0 aliphatic heterocycles. The number of allylic oxidation sites excluding steroid dienone is 4. The summed E-state index contributed by atoms with van der Waals surface area (Å²) in [5, 5.41) is 3.46. The summed E-state index contributed by atoms with van der Waals surface area (Å²) in [6.45, 7) is 4.50. The van der Waals surface area contributed by atoms with E-state index in [2.05, 4.69) is 138 Å². The summed E-state index contributed by atoms with van der Waals surface area (Å²) in [5.41, 5.74) is 9.23. The van der Waals surface area contributed by atoms with Crippen LogP contribution in [0.1, 0.15) is 0 Å². The van der Waals surface area contributed by atoms with Gasteiger partial charge in [-0.2, -0.15) is 0 Å². The molecule has 0 atom stereocenters. The average molecular weight is 505 g/mol. The van der Waals surface area contributed by atoms with Crippen molar-refractivity contribution in [1.29, 1.82) is 0 Å². The van der Waals surface area contributed by atoms with Gasteiger partial charge in [0, 0.05) is 29.3 Å². The van der Waals surface area contributed by atoms with Crippen molar-refractivity contribution in [3.63, 3.8) is 0 Å². The monoisotopic (exact) mass is 504 g/mol. The molecule has 0 amide bonds. The van der Waals surface area contributed by atoms with E-state index in [4.69, 9.17) is 0 Å². The maximum Gasteiger partial charge on any atom is 0.0419 e. The second kappa shape index (κ2) is 12.9. The lowest BCUT2D eigenvalue weighted by atomic mass is 10.0. The summed E-state index contributed by atoms with van der Waals surface area (Å²) in [6, 6.07) is 46.9. The van der Waals surface area contributed by atoms with Crippen LogP contribution in [0.25, 0.3) is 22.3 Å². The fourth-order valence-corrected chi connectivity index (χ4v) is 4.50. The molecule has 0 heterocycles. The molecule has 0 spiro atoms. The smallest absolute Gasteiger partial charge is 0.0419 e. The highest BCUT2D eigenvalue weighted by atomic mass is 15.1. The summed E-state index contributed by atoms with van der Waals surface area (Å²) < 4.78 is 0. The van der Waals surface area contributed by atoms with Gasteiger partial charge < -0.3 is 10.2 Å². The highest BCUT2D eigenvalue weighted by Crippen LogP contribution is 2.32. The van der Waals surface area contributed by atoms with Crippen LogP contribution in [0, 0.1) is 0 Å². The van der Waals surface area contributed by atoms with Gasteiger partial charge in [0.05, 0.1) is 0 Å². The summed E-state index contributed by atoms with van der Waals surface area (Å²) in [7, 11) is 0. The zero-order chi connectivity index (χ0) is 26.7. The van der Waals surface area contributed by atoms with Crippen LogP contribution >= 0.6 is 0 Å². The molecule has 0 bridgehead atoms. The van der Waals surface area contributed by atoms with E-state index in [1.165, 1.54) is 22.3 Å². The molecule has 190 valence electrons. The van der Waals surface area contributed by atoms with Crippen molar-refractivity contribution >= 4 is 22.7 Å². The van der Waals surface area contributed by atoms with E-state index in [0.717, 1.165) is 29.3 Å². The number of hydrogen-bond acceptors (Lipinski definition) is 2. The number of nitrogens with zero attached hydrogens (tertiary/aromatic N) is 1. The minimum atomic E-state index is 0.746. The van der Waals surface area contributed by atoms with Gasteiger partial charge in [0.2, 0.25) is 0 Å². The van der Waals surface area contributed by atoms with Gasteiger partial charge in [-0.3, -0.25) is 0 Å². The Kier molecular flexibility index (Phi) is 8.48. The molecule has 2 nitrogen and oxygen atoms in total. The van der Waals surface area contributed by atoms with Gasteiger partial charge in [-0.1, -0.05) is 122 Å². The summed E-state index contributed by atoms with van der Waals surface area (Å²) >= 11 is 0. The number of anilines is 4. The standard InChI is InChI=1S/C37H32N2/c1-2-3-4-5-12-28-39(36-26-22-31(23-27-36)30-14-8-6-9-15-30)37-19-13-16-33(29-37)32-20-24-35(25-21-32)38-34-17-10-7-11-18-34/h2-27,29,38H,1,28H2/b4-3-,12-5-. The largest absolute Gasteiger partial charge is 0.356 e. The molecular formula is C37H32N2. The second-order valence-corrected chi connectivity index (χ2v) is 9.19. The van der Waals surface area contributed by atoms with E-state index in [9.17, 15) is 0 Å². The number of rotatable bonds is 10. The molecule has 39 heavy (non-hydrogen) atoms. The van der Waals surface area contributed by atoms with Crippen molar-refractivity contribution in [3.8, 4) is 22.3 Å². The fraction of sp³-hybridized carbons (Fsp3) is 0.0270. The Bertz CT molecular complexity index is 1530. The van der Waals surface area contributed by atoms with Crippen LogP contribution in [0.15, 0.2) is 170 Å². The van der Waals surface area contributed by atoms with Crippen LogP contribution in [0.4, 0.5) is 22.7 Å². The van der Waals surface area contributed by atoms with Gasteiger partial charge in [0.25, 0.3) is 0 Å². The Morgan fingerprint density at radius 3 is 1.82 bits per heavy atom. The number of nitrogens with one attached hydrogen (secondary N) is 1. The third-order valence-electron chi connectivity index (χ3n) is 6.51. The van der Waals surface area contributed by atoms with Crippen molar-refractivity contribution in [2.24, 2.45) is 0 Å². The summed E-state index contributed by atoms with van der Waals surface area (Å²) in [6.07, 6.45) is 9.96. The third-order valence-corrected chi connectivity index (χ3v) is 6.51. The molecule has 0 radical (unpaired) electrons. The molecule has 0 aliphatic carbocycles. The van der Waals surface area contributed by atoms with E-state index in [1.54, 1.807) is 6.08 Å². The lowest BCUT2D eigenvalue weighted by Gasteiger charge is -2.25. The minimum absolute atomic E-state index is 0.746. The normalized spacial score (nSPS) is 11.1. The van der Waals surface area contributed by atoms with Gasteiger partial charge in [-0.25, -0.2) is 0 Å². The Hall–Kier alpha value is -5.08. The van der Waals surface area contributed by atoms with E-state index in [0.29, 0.717) is 0 Å². The molecule has 0 unspecified atom stereocenters. The first-order valence-electron chi connectivity index (χ1n) is 13.2. The highest BCUT2D eigenvalue weighted by Gasteiger charge is 2.10. The lowest BCUT2D eigenvalue weighted by Crippen LogP contribution is -2.16. The van der Waals surface area contributed by atoms with Gasteiger partial charge in [0.15, 0.2) is 0 Å². The maximum absolute atomic E-state index is 3.75. The summed E-state index contributed by atoms with van der Waals surface area (Å²) in [4.78, 5) is 2.34. The quantitative estimate of drug-likeness (QED) is 0.190. The zero-order valence-corrected chi connectivity index (χ0v) is 21.9. The van der Waals surface area contributed by atoms with Crippen LogP contribution in [0.5, 0.6) is 0 Å². The first-order valence-corrected chi connectivity index (χ1v) is 13.2. The zero-order valence-electron chi connectivity index (χ0n) is 21.9. The van der Waals surface area contributed by atoms with Gasteiger partial charge in [-0.15, -0.1) is 0 Å². The molecule has 0 aromatic heterocycles. The molecule has 2 heteroatoms. The van der Waals surface area contributed by atoms with Gasteiger partial charge >= 0.3 is 0 Å². The predicted octanol–water partition coefficient (Wildman–Crippen LogP) is 10.2. The highest BCUT2D eigenvalue weighted by molar-refractivity contribution is 5.75. The van der Waals surface area contributed by atoms with Crippen LogP contribution in [-0.2, 0) is 0 Å². The first kappa shape index (κ1) is 25.6. The topological polar surface area (TPSA) is 15.3 Å². The van der Waals surface area contributed by atoms with Gasteiger partial charge in [-0.05, 0) is 70.8 Å². The average Bonchev–Trinajstić information content (AvgIpc) is 3.01. The number of para-hydroxylation sites is 1. The van der Waals surface area contributed by atoms with E-state index < -0.39 is 0 Å². The number of benzene rings is 5. The molecule has 1 N–H and O–H groups in total. The van der Waals surface area contributed by atoms with Crippen molar-refractivity contribution in [3.05, 3.63) is 170 Å². The predicted molar refractivity (Wildman–Crippen MR) is 169 cm³/mol. The van der Waals surface area contributed by atoms with Crippen LogP contribution in [0.2, 0.25) is 0 Å². The Morgan fingerprint density at radius 1 is 0.513 bits per heavy atom. The van der Waals surface area contributed by atoms with Crippen molar-refractivity contribution in [2.45, 2.75) is 0 Å². The molecule has 0 fully saturated rings. The van der Waals surface area contributed by atoms with Crippen LogP contribution < -0.4 is 10.2 Å². The Morgan fingerprint density at radius 2 is 1.10 bits per heavy atom. The van der Waals surface area contributed by atoms with Gasteiger partial charge in [0.1, 0.15) is 0 Å². The van der Waals surface area contributed by atoms with Crippen molar-refractivity contribution in [1.82, 2.24) is 0 Å². The molecular weight excluding hydrogens is 472 g/mol. The number of hydrogen-bond donors (Lipinski definition) is 1. The Balaban J connectivity index is 1.41. The molecule has 5 aromatic rings. The second-order valence-electron chi connectivity index (χ2n) is 9.19. The van der Waals surface area contributed by atoms with E-state index >= 15 is 0 Å². The van der Waals surface area contributed by atoms with E-state index in [-0.39, 0.29) is 0 Å². The molecule has 5 aromatic carbocycles. The Labute approximate surface area is 231 Å². The molecule has 5 rings (SSSR count).